The van der Waals surface area contributed by atoms with Crippen molar-refractivity contribution in [3.63, 3.8) is 0 Å². The van der Waals surface area contributed by atoms with Gasteiger partial charge in [-0.3, -0.25) is 4.79 Å². The third kappa shape index (κ3) is 4.47. The van der Waals surface area contributed by atoms with Gasteiger partial charge in [0.25, 0.3) is 5.91 Å². The van der Waals surface area contributed by atoms with Gasteiger partial charge in [0.15, 0.2) is 0 Å². The average Bonchev–Trinajstić information content (AvgIpc) is 3.10. The summed E-state index contributed by atoms with van der Waals surface area (Å²) >= 11 is 0. The molecule has 0 spiro atoms. The van der Waals surface area contributed by atoms with Crippen LogP contribution in [-0.2, 0) is 6.54 Å². The van der Waals surface area contributed by atoms with Crippen molar-refractivity contribution in [3.8, 4) is 5.75 Å². The lowest BCUT2D eigenvalue weighted by Crippen LogP contribution is -2.14. The molecule has 5 nitrogen and oxygen atoms in total. The summed E-state index contributed by atoms with van der Waals surface area (Å²) in [6.07, 6.45) is 5.47. The molecule has 0 saturated carbocycles. The van der Waals surface area contributed by atoms with Crippen LogP contribution in [0, 0.1) is 0 Å². The fraction of sp³-hybridized carbons (Fsp3) is 0.200. The van der Waals surface area contributed by atoms with E-state index in [2.05, 4.69) is 10.3 Å². The Morgan fingerprint density at radius 1 is 1.16 bits per heavy atom. The van der Waals surface area contributed by atoms with Crippen molar-refractivity contribution in [3.05, 3.63) is 78.4 Å². The van der Waals surface area contributed by atoms with Gasteiger partial charge >= 0.3 is 0 Å². The van der Waals surface area contributed by atoms with Crippen LogP contribution in [0.4, 0.5) is 5.69 Å². The first-order valence-electron chi connectivity index (χ1n) is 8.23. The third-order valence-corrected chi connectivity index (χ3v) is 3.64. The number of hydrogen-bond donors (Lipinski definition) is 1. The standard InChI is InChI=1S/C20H21N3O2/c1-15(2)25-19-6-4-3-5-18(19)22-20(24)17-9-7-16(8-10-17)13-23-12-11-21-14-23/h3-12,14-15H,13H2,1-2H3,(H,22,24). The molecule has 0 saturated heterocycles. The van der Waals surface area contributed by atoms with Crippen molar-refractivity contribution in [2.24, 2.45) is 0 Å². The van der Waals surface area contributed by atoms with E-state index in [1.165, 1.54) is 0 Å². The van der Waals surface area contributed by atoms with Gasteiger partial charge in [-0.15, -0.1) is 0 Å². The van der Waals surface area contributed by atoms with E-state index in [9.17, 15) is 4.79 Å². The van der Waals surface area contributed by atoms with E-state index in [4.69, 9.17) is 4.74 Å². The summed E-state index contributed by atoms with van der Waals surface area (Å²) in [6, 6.07) is 15.0. The number of benzene rings is 2. The van der Waals surface area contributed by atoms with Crippen molar-refractivity contribution in [1.82, 2.24) is 9.55 Å². The monoisotopic (exact) mass is 335 g/mol. The minimum Gasteiger partial charge on any atom is -0.489 e. The lowest BCUT2D eigenvalue weighted by atomic mass is 10.1. The van der Waals surface area contributed by atoms with E-state index in [1.54, 1.807) is 12.5 Å². The molecule has 3 aromatic rings. The predicted octanol–water partition coefficient (Wildman–Crippen LogP) is 3.97. The van der Waals surface area contributed by atoms with E-state index in [0.717, 1.165) is 12.1 Å². The van der Waals surface area contributed by atoms with Crippen LogP contribution in [0.25, 0.3) is 0 Å². The fourth-order valence-corrected chi connectivity index (χ4v) is 2.47. The number of aromatic nitrogens is 2. The largest absolute Gasteiger partial charge is 0.489 e. The minimum atomic E-state index is -0.158. The molecule has 128 valence electrons. The Labute approximate surface area is 147 Å². The Hall–Kier alpha value is -3.08. The molecule has 1 heterocycles. The molecule has 0 unspecified atom stereocenters. The second kappa shape index (κ2) is 7.66. The molecule has 0 radical (unpaired) electrons. The maximum absolute atomic E-state index is 12.5. The molecule has 0 aliphatic rings. The van der Waals surface area contributed by atoms with Crippen LogP contribution in [0.2, 0.25) is 0 Å². The van der Waals surface area contributed by atoms with Gasteiger partial charge in [0.2, 0.25) is 0 Å². The number of hydrogen-bond acceptors (Lipinski definition) is 3. The molecular formula is C20H21N3O2. The first-order chi connectivity index (χ1) is 12.1. The van der Waals surface area contributed by atoms with Crippen LogP contribution < -0.4 is 10.1 Å². The van der Waals surface area contributed by atoms with Crippen molar-refractivity contribution in [2.75, 3.05) is 5.32 Å². The molecule has 0 fully saturated rings. The summed E-state index contributed by atoms with van der Waals surface area (Å²) in [7, 11) is 0. The van der Waals surface area contributed by atoms with Crippen molar-refractivity contribution in [1.29, 1.82) is 0 Å². The summed E-state index contributed by atoms with van der Waals surface area (Å²) in [6.45, 7) is 4.64. The smallest absolute Gasteiger partial charge is 0.255 e. The van der Waals surface area contributed by atoms with Crippen LogP contribution in [0.3, 0.4) is 0 Å². The van der Waals surface area contributed by atoms with Crippen LogP contribution in [0.15, 0.2) is 67.3 Å². The Bertz CT molecular complexity index is 824. The SMILES string of the molecule is CC(C)Oc1ccccc1NC(=O)c1ccc(Cn2ccnc2)cc1. The van der Waals surface area contributed by atoms with Crippen molar-refractivity contribution >= 4 is 11.6 Å². The molecule has 1 N–H and O–H groups in total. The summed E-state index contributed by atoms with van der Waals surface area (Å²) in [4.78, 5) is 16.5. The van der Waals surface area contributed by atoms with Crippen LogP contribution >= 0.6 is 0 Å². The van der Waals surface area contributed by atoms with E-state index < -0.39 is 0 Å². The number of ether oxygens (including phenoxy) is 1. The number of amides is 1. The quantitative estimate of drug-likeness (QED) is 0.741. The Morgan fingerprint density at radius 2 is 1.92 bits per heavy atom. The van der Waals surface area contributed by atoms with Crippen molar-refractivity contribution < 1.29 is 9.53 Å². The summed E-state index contributed by atoms with van der Waals surface area (Å²) in [5, 5.41) is 2.92. The third-order valence-electron chi connectivity index (χ3n) is 3.64. The van der Waals surface area contributed by atoms with E-state index in [-0.39, 0.29) is 12.0 Å². The van der Waals surface area contributed by atoms with Crippen LogP contribution in [-0.4, -0.2) is 21.6 Å². The molecule has 2 aromatic carbocycles. The van der Waals surface area contributed by atoms with Gasteiger partial charge in [-0.25, -0.2) is 4.98 Å². The highest BCUT2D eigenvalue weighted by Crippen LogP contribution is 2.25. The zero-order valence-corrected chi connectivity index (χ0v) is 14.3. The lowest BCUT2D eigenvalue weighted by molar-refractivity contribution is 0.102. The second-order valence-electron chi connectivity index (χ2n) is 6.05. The number of nitrogens with one attached hydrogen (secondary N) is 1. The van der Waals surface area contributed by atoms with Gasteiger partial charge in [0, 0.05) is 24.5 Å². The average molecular weight is 335 g/mol. The zero-order chi connectivity index (χ0) is 17.6. The summed E-state index contributed by atoms with van der Waals surface area (Å²) in [5.74, 6) is 0.511. The number of para-hydroxylation sites is 2. The van der Waals surface area contributed by atoms with Gasteiger partial charge < -0.3 is 14.6 Å². The first-order valence-corrected chi connectivity index (χ1v) is 8.23. The normalized spacial score (nSPS) is 10.7. The van der Waals surface area contributed by atoms with Gasteiger partial charge in [-0.05, 0) is 43.7 Å². The summed E-state index contributed by atoms with van der Waals surface area (Å²) < 4.78 is 7.72. The van der Waals surface area contributed by atoms with E-state index in [1.807, 2.05) is 73.1 Å². The first kappa shape index (κ1) is 16.8. The van der Waals surface area contributed by atoms with Gasteiger partial charge in [0.05, 0.1) is 18.1 Å². The molecule has 0 aliphatic heterocycles. The Morgan fingerprint density at radius 3 is 2.60 bits per heavy atom. The highest BCUT2D eigenvalue weighted by atomic mass is 16.5. The molecule has 1 aromatic heterocycles. The highest BCUT2D eigenvalue weighted by molar-refractivity contribution is 6.05. The molecule has 3 rings (SSSR count). The number of carbonyl (C=O) groups is 1. The number of imidazole rings is 1. The molecule has 0 bridgehead atoms. The Kier molecular flexibility index (Phi) is 5.14. The van der Waals surface area contributed by atoms with Gasteiger partial charge in [-0.1, -0.05) is 24.3 Å². The van der Waals surface area contributed by atoms with Crippen LogP contribution in [0.5, 0.6) is 5.75 Å². The number of nitrogens with zero attached hydrogens (tertiary/aromatic N) is 2. The molecule has 1 amide bonds. The predicted molar refractivity (Wildman–Crippen MR) is 97.9 cm³/mol. The van der Waals surface area contributed by atoms with E-state index >= 15 is 0 Å². The number of rotatable bonds is 6. The maximum atomic E-state index is 12.5. The topological polar surface area (TPSA) is 56.1 Å². The molecular weight excluding hydrogens is 314 g/mol. The molecule has 25 heavy (non-hydrogen) atoms. The maximum Gasteiger partial charge on any atom is 0.255 e. The Balaban J connectivity index is 1.69. The minimum absolute atomic E-state index is 0.0421. The van der Waals surface area contributed by atoms with Crippen molar-refractivity contribution in [2.45, 2.75) is 26.5 Å². The molecule has 0 aliphatic carbocycles. The number of carbonyl (C=O) groups excluding carboxylic acids is 1. The number of anilines is 1. The summed E-state index contributed by atoms with van der Waals surface area (Å²) in [5.41, 5.74) is 2.38. The lowest BCUT2D eigenvalue weighted by Gasteiger charge is -2.15. The molecule has 5 heteroatoms. The van der Waals surface area contributed by atoms with Gasteiger partial charge in [-0.2, -0.15) is 0 Å². The van der Waals surface area contributed by atoms with Gasteiger partial charge in [0.1, 0.15) is 5.75 Å². The second-order valence-corrected chi connectivity index (χ2v) is 6.05. The van der Waals surface area contributed by atoms with Crippen LogP contribution in [0.1, 0.15) is 29.8 Å². The van der Waals surface area contributed by atoms with E-state index in [0.29, 0.717) is 17.0 Å². The highest BCUT2D eigenvalue weighted by Gasteiger charge is 2.10. The fourth-order valence-electron chi connectivity index (χ4n) is 2.47. The molecule has 0 atom stereocenters. The zero-order valence-electron chi connectivity index (χ0n) is 14.3.